The summed E-state index contributed by atoms with van der Waals surface area (Å²) in [6, 6.07) is 6.29. The predicted octanol–water partition coefficient (Wildman–Crippen LogP) is 1.87. The van der Waals surface area contributed by atoms with Gasteiger partial charge in [-0.3, -0.25) is 0 Å². The molecule has 1 aliphatic rings. The summed E-state index contributed by atoms with van der Waals surface area (Å²) in [6.07, 6.45) is 1.83. The maximum atomic E-state index is 11.4. The lowest BCUT2D eigenvalue weighted by atomic mass is 10.0. The van der Waals surface area contributed by atoms with Crippen molar-refractivity contribution < 1.29 is 9.53 Å². The van der Waals surface area contributed by atoms with Crippen LogP contribution in [0, 0.1) is 0 Å². The minimum Gasteiger partial charge on any atom is -0.493 e. The Morgan fingerprint density at radius 1 is 1.50 bits per heavy atom. The van der Waals surface area contributed by atoms with Crippen LogP contribution in [0.5, 0.6) is 5.75 Å². The van der Waals surface area contributed by atoms with E-state index in [1.54, 1.807) is 0 Å². The molecular formula is C14H20N2O2. The van der Waals surface area contributed by atoms with Gasteiger partial charge in [0.25, 0.3) is 0 Å². The maximum absolute atomic E-state index is 11.4. The second-order valence-electron chi connectivity index (χ2n) is 4.65. The van der Waals surface area contributed by atoms with Crippen LogP contribution in [0.2, 0.25) is 0 Å². The van der Waals surface area contributed by atoms with Crippen LogP contribution in [0.4, 0.5) is 4.79 Å². The number of urea groups is 1. The van der Waals surface area contributed by atoms with Crippen molar-refractivity contribution in [2.75, 3.05) is 13.2 Å². The molecule has 1 aromatic carbocycles. The van der Waals surface area contributed by atoms with Crippen LogP contribution in [-0.4, -0.2) is 25.2 Å². The molecule has 0 radical (unpaired) electrons. The van der Waals surface area contributed by atoms with Gasteiger partial charge in [-0.1, -0.05) is 12.1 Å². The molecule has 18 heavy (non-hydrogen) atoms. The van der Waals surface area contributed by atoms with Gasteiger partial charge >= 0.3 is 6.03 Å². The maximum Gasteiger partial charge on any atom is 0.314 e. The molecule has 1 aliphatic heterocycles. The molecule has 1 aromatic rings. The largest absolute Gasteiger partial charge is 0.493 e. The monoisotopic (exact) mass is 248 g/mol. The number of nitrogens with one attached hydrogen (secondary N) is 2. The fourth-order valence-corrected chi connectivity index (χ4v) is 2.21. The molecule has 0 saturated heterocycles. The number of carbonyl (C=O) groups excluding carboxylic acids is 1. The molecule has 98 valence electrons. The smallest absolute Gasteiger partial charge is 0.314 e. The third-order valence-corrected chi connectivity index (χ3v) is 3.01. The van der Waals surface area contributed by atoms with Gasteiger partial charge in [0.15, 0.2) is 0 Å². The number of rotatable bonds is 4. The van der Waals surface area contributed by atoms with Crippen LogP contribution >= 0.6 is 0 Å². The Kier molecular flexibility index (Phi) is 4.07. The van der Waals surface area contributed by atoms with Gasteiger partial charge in [-0.25, -0.2) is 4.79 Å². The van der Waals surface area contributed by atoms with Gasteiger partial charge in [0.1, 0.15) is 5.75 Å². The Labute approximate surface area is 108 Å². The van der Waals surface area contributed by atoms with Crippen molar-refractivity contribution in [2.45, 2.75) is 32.7 Å². The first-order chi connectivity index (χ1) is 8.69. The SMILES string of the molecule is CCNC(=O)NC(C)Cc1ccc2c(c1)CCO2. The fourth-order valence-electron chi connectivity index (χ4n) is 2.21. The van der Waals surface area contributed by atoms with Crippen molar-refractivity contribution in [3.8, 4) is 5.75 Å². The van der Waals surface area contributed by atoms with Gasteiger partial charge in [0, 0.05) is 19.0 Å². The van der Waals surface area contributed by atoms with Crippen LogP contribution in [0.3, 0.4) is 0 Å². The van der Waals surface area contributed by atoms with Gasteiger partial charge < -0.3 is 15.4 Å². The molecule has 0 saturated carbocycles. The molecule has 0 spiro atoms. The minimum absolute atomic E-state index is 0.102. The van der Waals surface area contributed by atoms with Gasteiger partial charge in [0.2, 0.25) is 0 Å². The van der Waals surface area contributed by atoms with Gasteiger partial charge in [0.05, 0.1) is 6.61 Å². The molecule has 2 N–H and O–H groups in total. The molecule has 4 heteroatoms. The number of carbonyl (C=O) groups is 1. The highest BCUT2D eigenvalue weighted by Gasteiger charge is 2.13. The molecule has 0 aromatic heterocycles. The molecule has 1 heterocycles. The van der Waals surface area contributed by atoms with Crippen molar-refractivity contribution in [2.24, 2.45) is 0 Å². The van der Waals surface area contributed by atoms with E-state index in [0.29, 0.717) is 6.54 Å². The van der Waals surface area contributed by atoms with Crippen LogP contribution in [0.1, 0.15) is 25.0 Å². The number of hydrogen-bond acceptors (Lipinski definition) is 2. The number of hydrogen-bond donors (Lipinski definition) is 2. The molecule has 2 rings (SSSR count). The number of ether oxygens (including phenoxy) is 1. The van der Waals surface area contributed by atoms with Crippen LogP contribution < -0.4 is 15.4 Å². The average Bonchev–Trinajstić information content (AvgIpc) is 2.76. The molecule has 0 fully saturated rings. The molecule has 0 bridgehead atoms. The van der Waals surface area contributed by atoms with Crippen LogP contribution in [0.25, 0.3) is 0 Å². The topological polar surface area (TPSA) is 50.4 Å². The molecule has 0 aliphatic carbocycles. The summed E-state index contributed by atoms with van der Waals surface area (Å²) in [5, 5.41) is 5.65. The van der Waals surface area contributed by atoms with Gasteiger partial charge in [-0.05, 0) is 37.5 Å². The standard InChI is InChI=1S/C14H20N2O2/c1-3-15-14(17)16-10(2)8-11-4-5-13-12(9-11)6-7-18-13/h4-5,9-10H,3,6-8H2,1-2H3,(H2,15,16,17). The van der Waals surface area contributed by atoms with Crippen molar-refractivity contribution in [3.05, 3.63) is 29.3 Å². The van der Waals surface area contributed by atoms with E-state index in [1.165, 1.54) is 11.1 Å². The lowest BCUT2D eigenvalue weighted by Gasteiger charge is -2.14. The minimum atomic E-state index is -0.102. The van der Waals surface area contributed by atoms with E-state index in [2.05, 4.69) is 22.8 Å². The van der Waals surface area contributed by atoms with E-state index in [4.69, 9.17) is 4.74 Å². The van der Waals surface area contributed by atoms with Crippen LogP contribution in [0.15, 0.2) is 18.2 Å². The van der Waals surface area contributed by atoms with Gasteiger partial charge in [-0.15, -0.1) is 0 Å². The number of fused-ring (bicyclic) bond motifs is 1. The Bertz CT molecular complexity index is 432. The predicted molar refractivity (Wildman–Crippen MR) is 71.0 cm³/mol. The summed E-state index contributed by atoms with van der Waals surface area (Å²) in [4.78, 5) is 11.4. The van der Waals surface area contributed by atoms with Gasteiger partial charge in [-0.2, -0.15) is 0 Å². The van der Waals surface area contributed by atoms with E-state index in [0.717, 1.165) is 25.2 Å². The molecule has 1 unspecified atom stereocenters. The Hall–Kier alpha value is -1.71. The van der Waals surface area contributed by atoms with Crippen molar-refractivity contribution in [3.63, 3.8) is 0 Å². The Morgan fingerprint density at radius 2 is 2.33 bits per heavy atom. The first kappa shape index (κ1) is 12.7. The second kappa shape index (κ2) is 5.76. The zero-order chi connectivity index (χ0) is 13.0. The van der Waals surface area contributed by atoms with Crippen LogP contribution in [-0.2, 0) is 12.8 Å². The van der Waals surface area contributed by atoms with Crippen molar-refractivity contribution >= 4 is 6.03 Å². The number of amides is 2. The highest BCUT2D eigenvalue weighted by atomic mass is 16.5. The lowest BCUT2D eigenvalue weighted by molar-refractivity contribution is 0.238. The quantitative estimate of drug-likeness (QED) is 0.854. The summed E-state index contributed by atoms with van der Waals surface area (Å²) >= 11 is 0. The van der Waals surface area contributed by atoms with E-state index in [-0.39, 0.29) is 12.1 Å². The summed E-state index contributed by atoms with van der Waals surface area (Å²) in [5.41, 5.74) is 2.52. The molecule has 2 amide bonds. The fraction of sp³-hybridized carbons (Fsp3) is 0.500. The third kappa shape index (κ3) is 3.15. The average molecular weight is 248 g/mol. The second-order valence-corrected chi connectivity index (χ2v) is 4.65. The number of benzene rings is 1. The summed E-state index contributed by atoms with van der Waals surface area (Å²) in [5.74, 6) is 1.00. The third-order valence-electron chi connectivity index (χ3n) is 3.01. The van der Waals surface area contributed by atoms with E-state index >= 15 is 0 Å². The highest BCUT2D eigenvalue weighted by molar-refractivity contribution is 5.74. The zero-order valence-corrected chi connectivity index (χ0v) is 11.0. The first-order valence-electron chi connectivity index (χ1n) is 6.48. The van der Waals surface area contributed by atoms with Crippen molar-refractivity contribution in [1.29, 1.82) is 0 Å². The lowest BCUT2D eigenvalue weighted by Crippen LogP contribution is -2.41. The molecular weight excluding hydrogens is 228 g/mol. The van der Waals surface area contributed by atoms with E-state index < -0.39 is 0 Å². The summed E-state index contributed by atoms with van der Waals surface area (Å²) in [7, 11) is 0. The van der Waals surface area contributed by atoms with E-state index in [1.807, 2.05) is 19.9 Å². The summed E-state index contributed by atoms with van der Waals surface area (Å²) < 4.78 is 5.48. The Balaban J connectivity index is 1.91. The summed E-state index contributed by atoms with van der Waals surface area (Å²) in [6.45, 7) is 5.35. The van der Waals surface area contributed by atoms with Crippen molar-refractivity contribution in [1.82, 2.24) is 10.6 Å². The first-order valence-corrected chi connectivity index (χ1v) is 6.48. The van der Waals surface area contributed by atoms with E-state index in [9.17, 15) is 4.79 Å². The zero-order valence-electron chi connectivity index (χ0n) is 11.0. The highest BCUT2D eigenvalue weighted by Crippen LogP contribution is 2.26. The molecule has 1 atom stereocenters. The molecule has 4 nitrogen and oxygen atoms in total. The Morgan fingerprint density at radius 3 is 3.11 bits per heavy atom. The normalized spacial score (nSPS) is 14.6.